The van der Waals surface area contributed by atoms with Gasteiger partial charge in [-0.3, -0.25) is 9.59 Å². The van der Waals surface area contributed by atoms with Crippen molar-refractivity contribution in [3.05, 3.63) is 41.3 Å². The van der Waals surface area contributed by atoms with Crippen LogP contribution in [-0.4, -0.2) is 74.4 Å². The number of hydrogen-bond acceptors (Lipinski definition) is 5. The summed E-state index contributed by atoms with van der Waals surface area (Å²) in [6.45, 7) is 9.50. The third-order valence-corrected chi connectivity index (χ3v) is 11.3. The number of carbonyl (C=O) groups excluding carboxylic acids is 2. The molecule has 1 aromatic carbocycles. The molecule has 232 valence electrons. The molecule has 8 rings (SSSR count). The third-order valence-electron chi connectivity index (χ3n) is 11.1. The molecular weight excluding hydrogens is 572 g/mol. The summed E-state index contributed by atoms with van der Waals surface area (Å²) in [5.74, 6) is 0.385. The quantitative estimate of drug-likeness (QED) is 0.320. The molecule has 3 aromatic rings. The standard InChI is InChI=1S/C35H43ClN6O2/c1-34(2,3)32(43)40-15-11-35(12-16-40)26-10-7-22(27-20-28-30(31(36)38-27)41(21-37-28)23-8-9-23)17-29(26)42(33(35)44)25-18-24(19-25)39-13-5-4-6-14-39/h7,10,17,20-21,23-25H,4-6,8-9,11-16,18-19H2,1-3H3/t24-,25+. The van der Waals surface area contributed by atoms with E-state index in [0.717, 1.165) is 59.2 Å². The maximum absolute atomic E-state index is 14.6. The minimum Gasteiger partial charge on any atom is -0.342 e. The number of likely N-dealkylation sites (tertiary alicyclic amines) is 2. The Kier molecular flexibility index (Phi) is 6.66. The highest BCUT2D eigenvalue weighted by molar-refractivity contribution is 6.34. The molecule has 5 heterocycles. The zero-order valence-electron chi connectivity index (χ0n) is 26.2. The van der Waals surface area contributed by atoms with Gasteiger partial charge in [-0.05, 0) is 82.2 Å². The Morgan fingerprint density at radius 3 is 2.36 bits per heavy atom. The number of rotatable bonds is 4. The van der Waals surface area contributed by atoms with Gasteiger partial charge in [0, 0.05) is 47.9 Å². The minimum atomic E-state index is -0.587. The second-order valence-corrected chi connectivity index (χ2v) is 15.3. The maximum atomic E-state index is 14.6. The largest absolute Gasteiger partial charge is 0.342 e. The molecule has 1 spiro atoms. The van der Waals surface area contributed by atoms with Crippen molar-refractivity contribution in [2.75, 3.05) is 31.1 Å². The first-order valence-electron chi connectivity index (χ1n) is 16.7. The third kappa shape index (κ3) is 4.50. The van der Waals surface area contributed by atoms with Crippen molar-refractivity contribution in [3.63, 3.8) is 0 Å². The van der Waals surface area contributed by atoms with E-state index in [1.165, 1.54) is 32.4 Å². The number of halogens is 1. The Bertz CT molecular complexity index is 1630. The van der Waals surface area contributed by atoms with Crippen LogP contribution in [0.3, 0.4) is 0 Å². The number of nitrogens with zero attached hydrogens (tertiary/aromatic N) is 6. The van der Waals surface area contributed by atoms with E-state index in [1.54, 1.807) is 0 Å². The van der Waals surface area contributed by atoms with Crippen LogP contribution in [0.4, 0.5) is 5.69 Å². The second-order valence-electron chi connectivity index (χ2n) is 15.0. The number of piperidine rings is 2. The highest BCUT2D eigenvalue weighted by Crippen LogP contribution is 2.52. The van der Waals surface area contributed by atoms with Gasteiger partial charge in [0.2, 0.25) is 11.8 Å². The van der Waals surface area contributed by atoms with Crippen molar-refractivity contribution in [1.82, 2.24) is 24.3 Å². The molecule has 2 amide bonds. The predicted octanol–water partition coefficient (Wildman–Crippen LogP) is 6.36. The molecule has 2 saturated heterocycles. The summed E-state index contributed by atoms with van der Waals surface area (Å²) < 4.78 is 2.16. The fourth-order valence-corrected chi connectivity index (χ4v) is 8.59. The van der Waals surface area contributed by atoms with E-state index < -0.39 is 10.8 Å². The van der Waals surface area contributed by atoms with E-state index in [0.29, 0.717) is 43.2 Å². The summed E-state index contributed by atoms with van der Waals surface area (Å²) in [5.41, 5.74) is 4.62. The summed E-state index contributed by atoms with van der Waals surface area (Å²) in [7, 11) is 0. The topological polar surface area (TPSA) is 74.6 Å². The van der Waals surface area contributed by atoms with Gasteiger partial charge in [-0.2, -0.15) is 0 Å². The molecule has 9 heteroatoms. The van der Waals surface area contributed by atoms with Crippen LogP contribution in [0, 0.1) is 5.41 Å². The molecule has 4 fully saturated rings. The fourth-order valence-electron chi connectivity index (χ4n) is 8.30. The minimum absolute atomic E-state index is 0.163. The highest BCUT2D eigenvalue weighted by atomic mass is 35.5. The molecule has 2 aromatic heterocycles. The lowest BCUT2D eigenvalue weighted by atomic mass is 9.73. The maximum Gasteiger partial charge on any atom is 0.238 e. The normalized spacial score (nSPS) is 25.5. The first-order chi connectivity index (χ1) is 21.1. The van der Waals surface area contributed by atoms with Gasteiger partial charge in [0.15, 0.2) is 5.15 Å². The van der Waals surface area contributed by atoms with E-state index in [2.05, 4.69) is 37.5 Å². The highest BCUT2D eigenvalue weighted by Gasteiger charge is 2.56. The Morgan fingerprint density at radius 1 is 0.955 bits per heavy atom. The number of imidazole rings is 1. The molecule has 0 atom stereocenters. The number of amides is 2. The number of benzene rings is 1. The van der Waals surface area contributed by atoms with Gasteiger partial charge < -0.3 is 19.3 Å². The molecule has 0 N–H and O–H groups in total. The van der Waals surface area contributed by atoms with Crippen LogP contribution >= 0.6 is 11.6 Å². The van der Waals surface area contributed by atoms with Crippen LogP contribution in [0.1, 0.15) is 90.2 Å². The van der Waals surface area contributed by atoms with Crippen LogP contribution in [-0.2, 0) is 15.0 Å². The fraction of sp³-hybridized carbons (Fsp3) is 0.600. The van der Waals surface area contributed by atoms with Gasteiger partial charge in [-0.25, -0.2) is 9.97 Å². The summed E-state index contributed by atoms with van der Waals surface area (Å²) in [5, 5.41) is 0.478. The van der Waals surface area contributed by atoms with Gasteiger partial charge in [-0.15, -0.1) is 0 Å². The van der Waals surface area contributed by atoms with Gasteiger partial charge in [0.25, 0.3) is 0 Å². The van der Waals surface area contributed by atoms with Crippen molar-refractivity contribution in [2.45, 2.75) is 102 Å². The lowest BCUT2D eigenvalue weighted by Gasteiger charge is -2.48. The molecule has 3 aliphatic heterocycles. The number of carbonyl (C=O) groups is 2. The Balaban J connectivity index is 1.14. The van der Waals surface area contributed by atoms with Crippen molar-refractivity contribution in [3.8, 4) is 11.3 Å². The second kappa shape index (κ2) is 10.3. The van der Waals surface area contributed by atoms with Crippen LogP contribution in [0.2, 0.25) is 5.15 Å². The smallest absolute Gasteiger partial charge is 0.238 e. The zero-order valence-corrected chi connectivity index (χ0v) is 26.9. The van der Waals surface area contributed by atoms with Crippen molar-refractivity contribution in [1.29, 1.82) is 0 Å². The summed E-state index contributed by atoms with van der Waals surface area (Å²) in [4.78, 5) is 44.0. The van der Waals surface area contributed by atoms with Crippen LogP contribution in [0.15, 0.2) is 30.6 Å². The zero-order chi connectivity index (χ0) is 30.4. The van der Waals surface area contributed by atoms with E-state index in [-0.39, 0.29) is 17.9 Å². The van der Waals surface area contributed by atoms with Gasteiger partial charge in [0.1, 0.15) is 5.52 Å². The SMILES string of the molecule is CC(C)(C)C(=O)N1CCC2(CC1)C(=O)N([C@H]1C[C@@H](N3CCCCC3)C1)c1cc(-c3cc4ncn(C5CC5)c4c(Cl)n3)ccc12. The molecule has 44 heavy (non-hydrogen) atoms. The number of hydrogen-bond donors (Lipinski definition) is 0. The molecular formula is C35H43ClN6O2. The summed E-state index contributed by atoms with van der Waals surface area (Å²) in [6, 6.07) is 9.70. The van der Waals surface area contributed by atoms with Gasteiger partial charge in [0.05, 0.1) is 23.0 Å². The van der Waals surface area contributed by atoms with Crippen LogP contribution < -0.4 is 4.90 Å². The van der Waals surface area contributed by atoms with Crippen LogP contribution in [0.25, 0.3) is 22.3 Å². The molecule has 5 aliphatic rings. The average molecular weight is 615 g/mol. The predicted molar refractivity (Wildman–Crippen MR) is 173 cm³/mol. The monoisotopic (exact) mass is 614 g/mol. The summed E-state index contributed by atoms with van der Waals surface area (Å²) in [6.07, 6.45) is 11.4. The van der Waals surface area contributed by atoms with Crippen LogP contribution in [0.5, 0.6) is 0 Å². The van der Waals surface area contributed by atoms with Gasteiger partial charge in [-0.1, -0.05) is 50.9 Å². The first kappa shape index (κ1) is 28.5. The number of pyridine rings is 1. The molecule has 0 radical (unpaired) electrons. The van der Waals surface area contributed by atoms with E-state index in [4.69, 9.17) is 16.6 Å². The first-order valence-corrected chi connectivity index (χ1v) is 17.1. The summed E-state index contributed by atoms with van der Waals surface area (Å²) >= 11 is 6.79. The van der Waals surface area contributed by atoms with Gasteiger partial charge >= 0.3 is 0 Å². The molecule has 2 aliphatic carbocycles. The van der Waals surface area contributed by atoms with E-state index in [1.807, 2.05) is 38.1 Å². The Labute approximate surface area is 264 Å². The molecule has 0 bridgehead atoms. The van der Waals surface area contributed by atoms with E-state index in [9.17, 15) is 9.59 Å². The van der Waals surface area contributed by atoms with Crippen molar-refractivity contribution in [2.24, 2.45) is 5.41 Å². The number of anilines is 1. The molecule has 0 unspecified atom stereocenters. The van der Waals surface area contributed by atoms with Crippen molar-refractivity contribution >= 4 is 40.1 Å². The lowest BCUT2D eigenvalue weighted by Crippen LogP contribution is -2.58. The molecule has 2 saturated carbocycles. The number of fused-ring (bicyclic) bond motifs is 3. The Morgan fingerprint density at radius 2 is 1.68 bits per heavy atom. The van der Waals surface area contributed by atoms with E-state index >= 15 is 0 Å². The Hall–Kier alpha value is -2.97. The molecule has 8 nitrogen and oxygen atoms in total. The lowest BCUT2D eigenvalue weighted by molar-refractivity contribution is -0.142. The average Bonchev–Trinajstić information content (AvgIpc) is 3.71. The van der Waals surface area contributed by atoms with Crippen molar-refractivity contribution < 1.29 is 9.59 Å². The number of aromatic nitrogens is 3.